The van der Waals surface area contributed by atoms with Crippen molar-refractivity contribution in [1.29, 1.82) is 0 Å². The Morgan fingerprint density at radius 3 is 2.26 bits per heavy atom. The van der Waals surface area contributed by atoms with Crippen LogP contribution in [-0.4, -0.2) is 34.2 Å². The van der Waals surface area contributed by atoms with Crippen LogP contribution in [0.15, 0.2) is 30.3 Å². The fourth-order valence-electron chi connectivity index (χ4n) is 3.35. The van der Waals surface area contributed by atoms with E-state index in [1.54, 1.807) is 14.0 Å². The smallest absolute Gasteiger partial charge is 0.241 e. The van der Waals surface area contributed by atoms with Gasteiger partial charge in [-0.15, -0.1) is 0 Å². The third-order valence-corrected chi connectivity index (χ3v) is 6.10. The van der Waals surface area contributed by atoms with Gasteiger partial charge in [-0.05, 0) is 60.7 Å². The molecule has 0 radical (unpaired) electrons. The zero-order chi connectivity index (χ0) is 23.5. The number of benzene rings is 2. The monoisotopic (exact) mass is 454 g/mol. The van der Waals surface area contributed by atoms with Gasteiger partial charge >= 0.3 is 0 Å². The molecule has 0 spiro atoms. The van der Waals surface area contributed by atoms with Crippen LogP contribution in [0, 0.1) is 18.6 Å². The van der Waals surface area contributed by atoms with Crippen LogP contribution in [0.5, 0.6) is 5.75 Å². The number of rotatable bonds is 8. The number of sulfonamides is 1. The molecule has 1 unspecified atom stereocenters. The highest BCUT2D eigenvalue weighted by atomic mass is 32.2. The summed E-state index contributed by atoms with van der Waals surface area (Å²) in [6, 6.07) is 6.12. The van der Waals surface area contributed by atoms with Gasteiger partial charge in [-0.25, -0.2) is 17.2 Å². The van der Waals surface area contributed by atoms with Crippen LogP contribution in [0.1, 0.15) is 49.4 Å². The second-order valence-electron chi connectivity index (χ2n) is 7.76. The van der Waals surface area contributed by atoms with E-state index in [2.05, 4.69) is 5.32 Å². The molecule has 170 valence electrons. The van der Waals surface area contributed by atoms with Crippen molar-refractivity contribution in [3.05, 3.63) is 58.7 Å². The molecular formula is C22H28F2N2O4S. The lowest BCUT2D eigenvalue weighted by Crippen LogP contribution is -2.41. The van der Waals surface area contributed by atoms with Gasteiger partial charge in [0.2, 0.25) is 15.9 Å². The molecule has 2 rings (SSSR count). The van der Waals surface area contributed by atoms with E-state index in [0.29, 0.717) is 0 Å². The zero-order valence-electron chi connectivity index (χ0n) is 18.5. The van der Waals surface area contributed by atoms with Crippen LogP contribution in [-0.2, 0) is 14.8 Å². The molecule has 0 saturated heterocycles. The molecule has 2 aromatic rings. The Kier molecular flexibility index (Phi) is 7.64. The van der Waals surface area contributed by atoms with E-state index in [9.17, 15) is 22.0 Å². The molecule has 0 bridgehead atoms. The molecule has 1 N–H and O–H groups in total. The van der Waals surface area contributed by atoms with E-state index < -0.39 is 40.2 Å². The molecule has 0 aliphatic carbocycles. The second-order valence-corrected chi connectivity index (χ2v) is 9.67. The molecule has 2 aromatic carbocycles. The Bertz CT molecular complexity index is 1070. The number of hydrogen-bond acceptors (Lipinski definition) is 4. The molecule has 0 fully saturated rings. The summed E-state index contributed by atoms with van der Waals surface area (Å²) in [6.45, 7) is 7.19. The van der Waals surface area contributed by atoms with Crippen molar-refractivity contribution in [1.82, 2.24) is 5.32 Å². The fraction of sp³-hybridized carbons (Fsp3) is 0.409. The topological polar surface area (TPSA) is 75.7 Å². The van der Waals surface area contributed by atoms with Crippen molar-refractivity contribution in [2.45, 2.75) is 39.7 Å². The fourth-order valence-corrected chi connectivity index (χ4v) is 4.19. The van der Waals surface area contributed by atoms with E-state index in [4.69, 9.17) is 4.74 Å². The number of anilines is 1. The van der Waals surface area contributed by atoms with Crippen LogP contribution < -0.4 is 14.4 Å². The molecule has 0 aromatic heterocycles. The van der Waals surface area contributed by atoms with Gasteiger partial charge in [0.15, 0.2) is 11.6 Å². The highest BCUT2D eigenvalue weighted by Crippen LogP contribution is 2.32. The Balaban J connectivity index is 2.27. The average molecular weight is 455 g/mol. The van der Waals surface area contributed by atoms with E-state index >= 15 is 0 Å². The lowest BCUT2D eigenvalue weighted by molar-refractivity contribution is -0.120. The van der Waals surface area contributed by atoms with E-state index in [0.717, 1.165) is 51.2 Å². The van der Waals surface area contributed by atoms with Crippen LogP contribution in [0.4, 0.5) is 14.5 Å². The number of amides is 1. The molecule has 9 heteroatoms. The number of nitrogens with zero attached hydrogens (tertiary/aromatic N) is 1. The van der Waals surface area contributed by atoms with Crippen molar-refractivity contribution in [3.8, 4) is 5.75 Å². The molecule has 0 aliphatic heterocycles. The van der Waals surface area contributed by atoms with Crippen molar-refractivity contribution in [2.75, 3.05) is 24.2 Å². The van der Waals surface area contributed by atoms with Gasteiger partial charge in [0.25, 0.3) is 0 Å². The quantitative estimate of drug-likeness (QED) is 0.653. The first-order chi connectivity index (χ1) is 14.3. The summed E-state index contributed by atoms with van der Waals surface area (Å²) in [5, 5.41) is 2.79. The molecule has 6 nitrogen and oxygen atoms in total. The summed E-state index contributed by atoms with van der Waals surface area (Å²) in [6.07, 6.45) is 0.896. The summed E-state index contributed by atoms with van der Waals surface area (Å²) in [4.78, 5) is 12.7. The predicted octanol–water partition coefficient (Wildman–Crippen LogP) is 4.05. The normalized spacial score (nSPS) is 12.5. The minimum Gasteiger partial charge on any atom is -0.496 e. The van der Waals surface area contributed by atoms with E-state index in [1.807, 2.05) is 32.9 Å². The predicted molar refractivity (Wildman–Crippen MR) is 117 cm³/mol. The summed E-state index contributed by atoms with van der Waals surface area (Å²) in [5.41, 5.74) is 2.64. The summed E-state index contributed by atoms with van der Waals surface area (Å²) in [5.74, 6) is -1.92. The maximum Gasteiger partial charge on any atom is 0.241 e. The minimum absolute atomic E-state index is 0.132. The van der Waals surface area contributed by atoms with Crippen LogP contribution in [0.3, 0.4) is 0 Å². The van der Waals surface area contributed by atoms with Gasteiger partial charge in [-0.3, -0.25) is 9.10 Å². The number of nitrogens with one attached hydrogen (secondary N) is 1. The van der Waals surface area contributed by atoms with Gasteiger partial charge in [0.1, 0.15) is 12.3 Å². The Morgan fingerprint density at radius 2 is 1.74 bits per heavy atom. The lowest BCUT2D eigenvalue weighted by Gasteiger charge is -2.24. The van der Waals surface area contributed by atoms with Crippen LogP contribution in [0.25, 0.3) is 0 Å². The molecule has 0 heterocycles. The molecular weight excluding hydrogens is 426 g/mol. The maximum atomic E-state index is 13.6. The Morgan fingerprint density at radius 1 is 1.10 bits per heavy atom. The first kappa shape index (κ1) is 24.6. The number of hydrogen-bond donors (Lipinski definition) is 1. The summed E-state index contributed by atoms with van der Waals surface area (Å²) < 4.78 is 57.4. The number of halogens is 2. The molecule has 1 atom stereocenters. The van der Waals surface area contributed by atoms with Crippen LogP contribution in [0.2, 0.25) is 0 Å². The summed E-state index contributed by atoms with van der Waals surface area (Å²) >= 11 is 0. The van der Waals surface area contributed by atoms with Crippen molar-refractivity contribution in [2.24, 2.45) is 0 Å². The Hall–Kier alpha value is -2.68. The van der Waals surface area contributed by atoms with Crippen molar-refractivity contribution < 1.29 is 26.7 Å². The van der Waals surface area contributed by atoms with Gasteiger partial charge in [-0.2, -0.15) is 0 Å². The molecule has 1 amide bonds. The number of carbonyl (C=O) groups is 1. The molecule has 0 aliphatic rings. The van der Waals surface area contributed by atoms with Gasteiger partial charge in [0.05, 0.1) is 25.1 Å². The van der Waals surface area contributed by atoms with E-state index in [1.165, 1.54) is 0 Å². The third kappa shape index (κ3) is 5.94. The third-order valence-electron chi connectivity index (χ3n) is 4.96. The molecule has 31 heavy (non-hydrogen) atoms. The van der Waals surface area contributed by atoms with Crippen molar-refractivity contribution >= 4 is 21.6 Å². The van der Waals surface area contributed by atoms with Gasteiger partial charge in [-0.1, -0.05) is 13.8 Å². The number of aryl methyl sites for hydroxylation is 1. The highest BCUT2D eigenvalue weighted by molar-refractivity contribution is 7.92. The maximum absolute atomic E-state index is 13.6. The largest absolute Gasteiger partial charge is 0.496 e. The van der Waals surface area contributed by atoms with Gasteiger partial charge < -0.3 is 10.1 Å². The van der Waals surface area contributed by atoms with Crippen molar-refractivity contribution in [3.63, 3.8) is 0 Å². The lowest BCUT2D eigenvalue weighted by atomic mass is 9.93. The van der Waals surface area contributed by atoms with Crippen LogP contribution >= 0.6 is 0 Å². The minimum atomic E-state index is -3.91. The first-order valence-corrected chi connectivity index (χ1v) is 11.6. The zero-order valence-corrected chi connectivity index (χ0v) is 19.3. The van der Waals surface area contributed by atoms with E-state index in [-0.39, 0.29) is 11.6 Å². The highest BCUT2D eigenvalue weighted by Gasteiger charge is 2.24. The SMILES string of the molecule is COc1cc(C)c(C(C)NC(=O)CN(c2ccc(F)c(F)c2)S(C)(=O)=O)cc1C(C)C. The standard InChI is InChI=1S/C22H28F2N2O4S/c1-13(2)17-11-18(14(3)9-21(17)30-5)15(4)25-22(27)12-26(31(6,28)29)16-7-8-19(23)20(24)10-16/h7-11,13,15H,12H2,1-6H3,(H,25,27). The van der Waals surface area contributed by atoms with Gasteiger partial charge in [0, 0.05) is 6.07 Å². The Labute approximate surface area is 182 Å². The first-order valence-electron chi connectivity index (χ1n) is 9.75. The summed E-state index contributed by atoms with van der Waals surface area (Å²) in [7, 11) is -2.31. The average Bonchev–Trinajstić information content (AvgIpc) is 2.66. The number of ether oxygens (including phenoxy) is 1. The number of carbonyl (C=O) groups excluding carboxylic acids is 1. The molecule has 0 saturated carbocycles. The second kappa shape index (κ2) is 9.64. The number of methoxy groups -OCH3 is 1.